The van der Waals surface area contributed by atoms with Gasteiger partial charge in [-0.25, -0.2) is 4.79 Å². The molecule has 1 aromatic carbocycles. The third-order valence-electron chi connectivity index (χ3n) is 5.58. The van der Waals surface area contributed by atoms with Crippen LogP contribution in [0.4, 0.5) is 10.5 Å². The van der Waals surface area contributed by atoms with E-state index in [0.29, 0.717) is 43.7 Å². The van der Waals surface area contributed by atoms with E-state index >= 15 is 0 Å². The van der Waals surface area contributed by atoms with E-state index in [1.807, 2.05) is 0 Å². The van der Waals surface area contributed by atoms with Crippen molar-refractivity contribution in [1.29, 1.82) is 0 Å². The maximum atomic E-state index is 12.6. The number of anilines is 1. The smallest absolute Gasteiger partial charge is 0.325 e. The fourth-order valence-electron chi connectivity index (χ4n) is 3.96. The highest BCUT2D eigenvalue weighted by molar-refractivity contribution is 6.34. The molecular weight excluding hydrogens is 424 g/mol. The number of hydrogen-bond acceptors (Lipinski definition) is 5. The zero-order valence-electron chi connectivity index (χ0n) is 17.5. The normalized spacial score (nSPS) is 17.2. The van der Waals surface area contributed by atoms with Gasteiger partial charge in [0.15, 0.2) is 0 Å². The number of carbonyl (C=O) groups excluding carboxylic acids is 4. The standard InChI is InChI=1S/C21H27ClN4O5/c1-31-12-10-23-18(28)15-7-6-14(13-16(15)22)24-17(27)5-4-11-26-19(29)21(25-20(26)30)8-2-3-9-21/h6-7,13H,2-5,8-12H2,1H3,(H,23,28)(H,24,27)(H,25,30). The largest absolute Gasteiger partial charge is 0.383 e. The quantitative estimate of drug-likeness (QED) is 0.394. The van der Waals surface area contributed by atoms with E-state index in [1.54, 1.807) is 13.2 Å². The van der Waals surface area contributed by atoms with Crippen molar-refractivity contribution in [2.45, 2.75) is 44.1 Å². The molecule has 0 radical (unpaired) electrons. The number of halogens is 1. The van der Waals surface area contributed by atoms with Crippen LogP contribution in [0.15, 0.2) is 18.2 Å². The minimum Gasteiger partial charge on any atom is -0.383 e. The lowest BCUT2D eigenvalue weighted by atomic mass is 9.98. The number of rotatable bonds is 9. The van der Waals surface area contributed by atoms with Crippen molar-refractivity contribution in [2.75, 3.05) is 32.1 Å². The van der Waals surface area contributed by atoms with E-state index in [9.17, 15) is 19.2 Å². The molecule has 5 amide bonds. The van der Waals surface area contributed by atoms with Crippen molar-refractivity contribution in [3.05, 3.63) is 28.8 Å². The van der Waals surface area contributed by atoms with Crippen LogP contribution >= 0.6 is 11.6 Å². The molecule has 0 atom stereocenters. The first kappa shape index (κ1) is 23.0. The maximum absolute atomic E-state index is 12.6. The first-order valence-corrected chi connectivity index (χ1v) is 10.7. The molecule has 9 nitrogen and oxygen atoms in total. The highest BCUT2D eigenvalue weighted by Crippen LogP contribution is 2.35. The maximum Gasteiger partial charge on any atom is 0.325 e. The van der Waals surface area contributed by atoms with Gasteiger partial charge in [0.2, 0.25) is 5.91 Å². The van der Waals surface area contributed by atoms with Gasteiger partial charge in [-0.3, -0.25) is 19.3 Å². The van der Waals surface area contributed by atoms with E-state index < -0.39 is 5.54 Å². The monoisotopic (exact) mass is 450 g/mol. The lowest BCUT2D eigenvalue weighted by molar-refractivity contribution is -0.131. The minimum atomic E-state index is -0.728. The first-order chi connectivity index (χ1) is 14.9. The number of ether oxygens (including phenoxy) is 1. The average molecular weight is 451 g/mol. The Labute approximate surface area is 185 Å². The van der Waals surface area contributed by atoms with Gasteiger partial charge in [-0.1, -0.05) is 24.4 Å². The highest BCUT2D eigenvalue weighted by atomic mass is 35.5. The molecule has 1 aliphatic heterocycles. The summed E-state index contributed by atoms with van der Waals surface area (Å²) in [6.45, 7) is 0.952. The lowest BCUT2D eigenvalue weighted by Crippen LogP contribution is -2.44. The first-order valence-electron chi connectivity index (χ1n) is 10.4. The van der Waals surface area contributed by atoms with Gasteiger partial charge in [-0.15, -0.1) is 0 Å². The average Bonchev–Trinajstić information content (AvgIpc) is 3.28. The van der Waals surface area contributed by atoms with Gasteiger partial charge < -0.3 is 20.7 Å². The molecule has 1 saturated carbocycles. The third-order valence-corrected chi connectivity index (χ3v) is 5.89. The van der Waals surface area contributed by atoms with E-state index in [4.69, 9.17) is 16.3 Å². The van der Waals surface area contributed by atoms with Crippen molar-refractivity contribution in [2.24, 2.45) is 0 Å². The summed E-state index contributed by atoms with van der Waals surface area (Å²) in [5.74, 6) is -0.772. The van der Waals surface area contributed by atoms with Gasteiger partial charge in [0.25, 0.3) is 11.8 Å². The van der Waals surface area contributed by atoms with Crippen molar-refractivity contribution in [3.8, 4) is 0 Å². The second-order valence-electron chi connectivity index (χ2n) is 7.77. The zero-order valence-corrected chi connectivity index (χ0v) is 18.2. The summed E-state index contributed by atoms with van der Waals surface area (Å²) in [5.41, 5.74) is 0.0340. The molecule has 168 valence electrons. The SMILES string of the molecule is COCCNC(=O)c1ccc(NC(=O)CCCN2C(=O)NC3(CCCC3)C2=O)cc1Cl. The van der Waals surface area contributed by atoms with Gasteiger partial charge in [-0.05, 0) is 37.5 Å². The van der Waals surface area contributed by atoms with Crippen LogP contribution in [0.1, 0.15) is 48.9 Å². The summed E-state index contributed by atoms with van der Waals surface area (Å²) < 4.78 is 4.88. The molecule has 3 rings (SSSR count). The van der Waals surface area contributed by atoms with Crippen LogP contribution in [0.3, 0.4) is 0 Å². The Morgan fingerprint density at radius 1 is 1.26 bits per heavy atom. The van der Waals surface area contributed by atoms with Crippen LogP contribution < -0.4 is 16.0 Å². The van der Waals surface area contributed by atoms with E-state index in [-0.39, 0.29) is 41.7 Å². The molecule has 1 saturated heterocycles. The Balaban J connectivity index is 1.46. The second kappa shape index (κ2) is 10.1. The number of amides is 5. The number of urea groups is 1. The van der Waals surface area contributed by atoms with Gasteiger partial charge in [0.05, 0.1) is 17.2 Å². The molecule has 0 unspecified atom stereocenters. The summed E-state index contributed by atoms with van der Waals surface area (Å²) in [4.78, 5) is 50.3. The molecule has 1 heterocycles. The summed E-state index contributed by atoms with van der Waals surface area (Å²) in [6.07, 6.45) is 3.71. The summed E-state index contributed by atoms with van der Waals surface area (Å²) in [6, 6.07) is 4.26. The van der Waals surface area contributed by atoms with Crippen molar-refractivity contribution >= 4 is 41.0 Å². The number of carbonyl (C=O) groups is 4. The molecule has 1 aromatic rings. The van der Waals surface area contributed by atoms with E-state index in [2.05, 4.69) is 16.0 Å². The second-order valence-corrected chi connectivity index (χ2v) is 8.18. The molecular formula is C21H27ClN4O5. The molecule has 3 N–H and O–H groups in total. The predicted molar refractivity (Wildman–Crippen MR) is 115 cm³/mol. The van der Waals surface area contributed by atoms with Gasteiger partial charge >= 0.3 is 6.03 Å². The number of nitrogens with zero attached hydrogens (tertiary/aromatic N) is 1. The summed E-state index contributed by atoms with van der Waals surface area (Å²) >= 11 is 6.17. The third kappa shape index (κ3) is 5.34. The Morgan fingerprint density at radius 3 is 2.68 bits per heavy atom. The highest BCUT2D eigenvalue weighted by Gasteiger charge is 2.52. The van der Waals surface area contributed by atoms with Crippen LogP contribution in [0.2, 0.25) is 5.02 Å². The minimum absolute atomic E-state index is 0.140. The predicted octanol–water partition coefficient (Wildman–Crippen LogP) is 2.30. The molecule has 1 spiro atoms. The van der Waals surface area contributed by atoms with Crippen LogP contribution in [0, 0.1) is 0 Å². The number of benzene rings is 1. The number of nitrogens with one attached hydrogen (secondary N) is 3. The van der Waals surface area contributed by atoms with Crippen LogP contribution in [0.5, 0.6) is 0 Å². The number of imide groups is 1. The molecule has 2 fully saturated rings. The Kier molecular flexibility index (Phi) is 7.50. The van der Waals surface area contributed by atoms with E-state index in [1.165, 1.54) is 17.0 Å². The molecule has 10 heteroatoms. The molecule has 2 aliphatic rings. The van der Waals surface area contributed by atoms with Gasteiger partial charge in [0, 0.05) is 32.3 Å². The Bertz CT molecular complexity index is 869. The van der Waals surface area contributed by atoms with Gasteiger partial charge in [0.1, 0.15) is 5.54 Å². The fourth-order valence-corrected chi connectivity index (χ4v) is 4.22. The van der Waals surface area contributed by atoms with Crippen molar-refractivity contribution in [1.82, 2.24) is 15.5 Å². The topological polar surface area (TPSA) is 117 Å². The van der Waals surface area contributed by atoms with Crippen molar-refractivity contribution < 1.29 is 23.9 Å². The Hall–Kier alpha value is -2.65. The lowest BCUT2D eigenvalue weighted by Gasteiger charge is -2.19. The fraction of sp³-hybridized carbons (Fsp3) is 0.524. The van der Waals surface area contributed by atoms with Gasteiger partial charge in [-0.2, -0.15) is 0 Å². The number of hydrogen-bond donors (Lipinski definition) is 3. The molecule has 1 aliphatic carbocycles. The molecule has 0 aromatic heterocycles. The Morgan fingerprint density at radius 2 is 2.00 bits per heavy atom. The number of methoxy groups -OCH3 is 1. The van der Waals surface area contributed by atoms with Crippen LogP contribution in [0.25, 0.3) is 0 Å². The molecule has 0 bridgehead atoms. The van der Waals surface area contributed by atoms with Crippen LogP contribution in [-0.4, -0.2) is 61.0 Å². The summed E-state index contributed by atoms with van der Waals surface area (Å²) in [7, 11) is 1.54. The summed E-state index contributed by atoms with van der Waals surface area (Å²) in [5, 5.41) is 8.44. The molecule has 31 heavy (non-hydrogen) atoms. The van der Waals surface area contributed by atoms with Crippen molar-refractivity contribution in [3.63, 3.8) is 0 Å². The van der Waals surface area contributed by atoms with E-state index in [0.717, 1.165) is 12.8 Å². The van der Waals surface area contributed by atoms with Crippen LogP contribution in [-0.2, 0) is 14.3 Å². The zero-order chi connectivity index (χ0) is 22.4.